The van der Waals surface area contributed by atoms with Crippen LogP contribution in [0.1, 0.15) is 11.1 Å². The molecule has 0 aliphatic rings. The van der Waals surface area contributed by atoms with E-state index < -0.39 is 19.7 Å². The number of hydrogen-bond donors (Lipinski definition) is 2. The van der Waals surface area contributed by atoms with Crippen LogP contribution in [-0.4, -0.2) is 17.1 Å². The Labute approximate surface area is 93.1 Å². The molecule has 0 aliphatic carbocycles. The first kappa shape index (κ1) is 12.6. The van der Waals surface area contributed by atoms with Crippen LogP contribution in [0.4, 0.5) is 0 Å². The van der Waals surface area contributed by atoms with E-state index in [-0.39, 0.29) is 12.6 Å². The molecule has 0 bridgehead atoms. The zero-order valence-corrected chi connectivity index (χ0v) is 9.39. The van der Waals surface area contributed by atoms with Gasteiger partial charge in [-0.25, -0.2) is 9.13 Å². The first-order chi connectivity index (χ1) is 7.49. The SMILES string of the molecule is N[C@@H](Cc1ccc(CP(=O)=O)cc1)C(=O)O. The quantitative estimate of drug-likeness (QED) is 0.757. The fourth-order valence-electron chi connectivity index (χ4n) is 1.27. The van der Waals surface area contributed by atoms with E-state index in [0.717, 1.165) is 5.56 Å². The molecule has 0 fully saturated rings. The summed E-state index contributed by atoms with van der Waals surface area (Å²) in [4.78, 5) is 10.5. The van der Waals surface area contributed by atoms with Crippen LogP contribution in [0.2, 0.25) is 0 Å². The van der Waals surface area contributed by atoms with E-state index >= 15 is 0 Å². The number of rotatable bonds is 5. The highest BCUT2D eigenvalue weighted by atomic mass is 31.1. The van der Waals surface area contributed by atoms with E-state index in [1.807, 2.05) is 0 Å². The fraction of sp³-hybridized carbons (Fsp3) is 0.300. The molecule has 1 atom stereocenters. The lowest BCUT2D eigenvalue weighted by Gasteiger charge is -2.06. The lowest BCUT2D eigenvalue weighted by atomic mass is 10.1. The number of aliphatic carboxylic acids is 1. The van der Waals surface area contributed by atoms with Crippen molar-refractivity contribution >= 4 is 13.6 Å². The van der Waals surface area contributed by atoms with Gasteiger partial charge in [0.25, 0.3) is 0 Å². The van der Waals surface area contributed by atoms with Crippen LogP contribution >= 0.6 is 7.68 Å². The molecule has 3 N–H and O–H groups in total. The van der Waals surface area contributed by atoms with Crippen LogP contribution < -0.4 is 5.73 Å². The van der Waals surface area contributed by atoms with Crippen molar-refractivity contribution in [3.05, 3.63) is 35.4 Å². The van der Waals surface area contributed by atoms with Gasteiger partial charge in [0, 0.05) is 0 Å². The molecule has 86 valence electrons. The van der Waals surface area contributed by atoms with Crippen LogP contribution in [0.15, 0.2) is 24.3 Å². The zero-order valence-electron chi connectivity index (χ0n) is 8.50. The van der Waals surface area contributed by atoms with E-state index in [1.54, 1.807) is 24.3 Å². The van der Waals surface area contributed by atoms with E-state index in [9.17, 15) is 13.9 Å². The summed E-state index contributed by atoms with van der Waals surface area (Å²) in [5.74, 6) is -1.05. The van der Waals surface area contributed by atoms with Crippen LogP contribution in [0, 0.1) is 0 Å². The standard InChI is InChI=1S/C10H12NO4P/c11-9(10(12)13)5-7-1-3-8(4-2-7)6-16(14)15/h1-4,9H,5-6,11H2,(H,12,13)/t9-/m0/s1. The first-order valence-corrected chi connectivity index (χ1v) is 6.03. The van der Waals surface area contributed by atoms with E-state index in [0.29, 0.717) is 5.56 Å². The third kappa shape index (κ3) is 3.96. The average Bonchev–Trinajstić information content (AvgIpc) is 2.20. The minimum atomic E-state index is -2.43. The second kappa shape index (κ2) is 5.58. The smallest absolute Gasteiger partial charge is 0.320 e. The average molecular weight is 241 g/mol. The summed E-state index contributed by atoms with van der Waals surface area (Å²) >= 11 is 0. The maximum Gasteiger partial charge on any atom is 0.320 e. The first-order valence-electron chi connectivity index (χ1n) is 4.67. The maximum absolute atomic E-state index is 10.5. The molecule has 5 nitrogen and oxygen atoms in total. The van der Waals surface area contributed by atoms with Gasteiger partial charge < -0.3 is 10.8 Å². The molecule has 0 unspecified atom stereocenters. The third-order valence-corrected chi connectivity index (χ3v) is 2.73. The van der Waals surface area contributed by atoms with Crippen molar-refractivity contribution in [3.8, 4) is 0 Å². The van der Waals surface area contributed by atoms with Crippen LogP contribution in [0.25, 0.3) is 0 Å². The predicted molar refractivity (Wildman–Crippen MR) is 57.8 cm³/mol. The molecule has 0 heterocycles. The molecule has 0 aromatic heterocycles. The fourth-order valence-corrected chi connectivity index (χ4v) is 1.78. The molecule has 0 radical (unpaired) electrons. The number of nitrogens with two attached hydrogens (primary N) is 1. The normalized spacial score (nSPS) is 12.1. The minimum Gasteiger partial charge on any atom is -0.480 e. The van der Waals surface area contributed by atoms with E-state index in [1.165, 1.54) is 0 Å². The second-order valence-electron chi connectivity index (χ2n) is 3.46. The van der Waals surface area contributed by atoms with Crippen LogP contribution in [0.3, 0.4) is 0 Å². The summed E-state index contributed by atoms with van der Waals surface area (Å²) in [6, 6.07) is 5.78. The lowest BCUT2D eigenvalue weighted by molar-refractivity contribution is -0.138. The Kier molecular flexibility index (Phi) is 4.40. The van der Waals surface area contributed by atoms with Crippen molar-refractivity contribution in [3.63, 3.8) is 0 Å². The van der Waals surface area contributed by atoms with Gasteiger partial charge in [0.2, 0.25) is 0 Å². The summed E-state index contributed by atoms with van der Waals surface area (Å²) in [6.45, 7) is 0. The maximum atomic E-state index is 10.5. The Morgan fingerprint density at radius 1 is 1.25 bits per heavy atom. The van der Waals surface area contributed by atoms with Gasteiger partial charge in [0.1, 0.15) is 6.04 Å². The van der Waals surface area contributed by atoms with Gasteiger partial charge in [-0.2, -0.15) is 0 Å². The highest BCUT2D eigenvalue weighted by Crippen LogP contribution is 2.15. The minimum absolute atomic E-state index is 0.000593. The van der Waals surface area contributed by atoms with Gasteiger partial charge in [-0.05, 0) is 17.5 Å². The number of benzene rings is 1. The largest absolute Gasteiger partial charge is 0.480 e. The molecule has 0 aliphatic heterocycles. The van der Waals surface area contributed by atoms with Crippen LogP contribution in [0.5, 0.6) is 0 Å². The Bertz CT molecular complexity index is 431. The van der Waals surface area contributed by atoms with Crippen molar-refractivity contribution < 1.29 is 19.0 Å². The summed E-state index contributed by atoms with van der Waals surface area (Å²) < 4.78 is 20.9. The van der Waals surface area contributed by atoms with E-state index in [2.05, 4.69) is 0 Å². The molecule has 1 aromatic carbocycles. The zero-order chi connectivity index (χ0) is 12.1. The molecule has 1 aromatic rings. The van der Waals surface area contributed by atoms with Gasteiger partial charge in [-0.15, -0.1) is 0 Å². The molecule has 0 saturated heterocycles. The summed E-state index contributed by atoms with van der Waals surface area (Å²) in [5.41, 5.74) is 6.83. The molecule has 0 spiro atoms. The van der Waals surface area contributed by atoms with Gasteiger partial charge in [0.05, 0.1) is 6.16 Å². The lowest BCUT2D eigenvalue weighted by Crippen LogP contribution is -2.32. The summed E-state index contributed by atoms with van der Waals surface area (Å²) in [7, 11) is -2.43. The Morgan fingerprint density at radius 2 is 1.75 bits per heavy atom. The second-order valence-corrected chi connectivity index (χ2v) is 4.44. The molecule has 1 rings (SSSR count). The molecular formula is C10H12NO4P. The number of carboxylic acid groups (broad SMARTS) is 1. The topological polar surface area (TPSA) is 97.5 Å². The summed E-state index contributed by atoms with van der Waals surface area (Å²) in [6.07, 6.45) is 0.236. The summed E-state index contributed by atoms with van der Waals surface area (Å²) in [5, 5.41) is 8.61. The van der Waals surface area contributed by atoms with Crippen molar-refractivity contribution in [1.82, 2.24) is 0 Å². The molecule has 0 amide bonds. The Balaban J connectivity index is 2.68. The Morgan fingerprint density at radius 3 is 2.19 bits per heavy atom. The highest BCUT2D eigenvalue weighted by Gasteiger charge is 2.11. The number of hydrogen-bond acceptors (Lipinski definition) is 4. The van der Waals surface area contributed by atoms with Crippen molar-refractivity contribution in [1.29, 1.82) is 0 Å². The predicted octanol–water partition coefficient (Wildman–Crippen LogP) is 1.31. The van der Waals surface area contributed by atoms with Crippen molar-refractivity contribution in [2.24, 2.45) is 5.73 Å². The van der Waals surface area contributed by atoms with Gasteiger partial charge in [0.15, 0.2) is 0 Å². The van der Waals surface area contributed by atoms with Gasteiger partial charge >= 0.3 is 13.6 Å². The van der Waals surface area contributed by atoms with E-state index in [4.69, 9.17) is 10.8 Å². The molecular weight excluding hydrogens is 229 g/mol. The number of carbonyl (C=O) groups is 1. The molecule has 6 heteroatoms. The third-order valence-electron chi connectivity index (χ3n) is 2.11. The van der Waals surface area contributed by atoms with Crippen molar-refractivity contribution in [2.45, 2.75) is 18.6 Å². The number of carboxylic acids is 1. The molecule has 0 saturated carbocycles. The monoisotopic (exact) mass is 241 g/mol. The van der Waals surface area contributed by atoms with Crippen molar-refractivity contribution in [2.75, 3.05) is 0 Å². The molecule has 16 heavy (non-hydrogen) atoms. The Hall–Kier alpha value is -1.45. The van der Waals surface area contributed by atoms with Crippen LogP contribution in [-0.2, 0) is 26.5 Å². The van der Waals surface area contributed by atoms with Gasteiger partial charge in [-0.3, -0.25) is 4.79 Å². The highest BCUT2D eigenvalue weighted by molar-refractivity contribution is 7.29. The van der Waals surface area contributed by atoms with Gasteiger partial charge in [-0.1, -0.05) is 24.3 Å².